The molecule has 19 heavy (non-hydrogen) atoms. The van der Waals surface area contributed by atoms with Crippen LogP contribution in [0.1, 0.15) is 28.6 Å². The summed E-state index contributed by atoms with van der Waals surface area (Å²) in [6.45, 7) is 3.70. The van der Waals surface area contributed by atoms with Crippen LogP contribution in [0.15, 0.2) is 22.7 Å². The first-order valence-electron chi connectivity index (χ1n) is 6.02. The van der Waals surface area contributed by atoms with Crippen molar-refractivity contribution in [2.24, 2.45) is 7.05 Å². The monoisotopic (exact) mass is 326 g/mol. The summed E-state index contributed by atoms with van der Waals surface area (Å²) in [7, 11) is 1.81. The fraction of sp³-hybridized carbons (Fsp3) is 0.357. The second-order valence-corrected chi connectivity index (χ2v) is 5.51. The molecule has 0 saturated heterocycles. The molecule has 0 saturated carbocycles. The van der Waals surface area contributed by atoms with Crippen molar-refractivity contribution in [3.05, 3.63) is 51.0 Å². The van der Waals surface area contributed by atoms with Crippen LogP contribution in [0.2, 0.25) is 0 Å². The van der Waals surface area contributed by atoms with Gasteiger partial charge in [0.1, 0.15) is 5.82 Å². The van der Waals surface area contributed by atoms with Crippen LogP contribution in [-0.2, 0) is 13.5 Å². The van der Waals surface area contributed by atoms with Crippen molar-refractivity contribution in [3.63, 3.8) is 0 Å². The summed E-state index contributed by atoms with van der Waals surface area (Å²) >= 11 is 3.44. The van der Waals surface area contributed by atoms with Gasteiger partial charge in [-0.1, -0.05) is 12.1 Å². The minimum Gasteiger partial charge on any atom is -0.388 e. The van der Waals surface area contributed by atoms with E-state index < -0.39 is 6.10 Å². The predicted octanol–water partition coefficient (Wildman–Crippen LogP) is 3.21. The maximum absolute atomic E-state index is 13.8. The summed E-state index contributed by atoms with van der Waals surface area (Å²) < 4.78 is 16.4. The normalized spacial score (nSPS) is 12.7. The Kier molecular flexibility index (Phi) is 4.06. The number of hydrogen-bond donors (Lipinski definition) is 1. The predicted molar refractivity (Wildman–Crippen MR) is 75.4 cm³/mol. The number of halogens is 2. The molecule has 5 heteroatoms. The average Bonchev–Trinajstić information content (AvgIpc) is 2.56. The Morgan fingerprint density at radius 1 is 1.42 bits per heavy atom. The highest BCUT2D eigenvalue weighted by Crippen LogP contribution is 2.27. The number of rotatable bonds is 3. The molecule has 102 valence electrons. The smallest absolute Gasteiger partial charge is 0.129 e. The molecule has 0 spiro atoms. The lowest BCUT2D eigenvalue weighted by Crippen LogP contribution is -2.08. The molecule has 0 aliphatic heterocycles. The van der Waals surface area contributed by atoms with E-state index in [0.29, 0.717) is 12.0 Å². The zero-order valence-electron chi connectivity index (χ0n) is 11.1. The first-order valence-corrected chi connectivity index (χ1v) is 6.81. The van der Waals surface area contributed by atoms with E-state index in [1.165, 1.54) is 6.07 Å². The highest BCUT2D eigenvalue weighted by atomic mass is 79.9. The minimum atomic E-state index is -0.883. The Morgan fingerprint density at radius 2 is 2.11 bits per heavy atom. The standard InChI is InChI=1S/C14H16BrFN2O/c1-8-4-5-10(11(16)6-8)13(19)7-12-14(15)9(2)17-18(12)3/h4-6,13,19H,7H2,1-3H3. The first kappa shape index (κ1) is 14.2. The largest absolute Gasteiger partial charge is 0.388 e. The topological polar surface area (TPSA) is 38.1 Å². The lowest BCUT2D eigenvalue weighted by Gasteiger charge is -2.13. The molecular formula is C14H16BrFN2O. The molecule has 0 aliphatic rings. The van der Waals surface area contributed by atoms with Crippen molar-refractivity contribution in [1.82, 2.24) is 9.78 Å². The quantitative estimate of drug-likeness (QED) is 0.940. The maximum Gasteiger partial charge on any atom is 0.129 e. The lowest BCUT2D eigenvalue weighted by molar-refractivity contribution is 0.171. The van der Waals surface area contributed by atoms with Gasteiger partial charge in [-0.15, -0.1) is 0 Å². The third kappa shape index (κ3) is 2.87. The molecule has 0 fully saturated rings. The summed E-state index contributed by atoms with van der Waals surface area (Å²) in [5, 5.41) is 14.5. The van der Waals surface area contributed by atoms with Gasteiger partial charge in [-0.05, 0) is 41.4 Å². The van der Waals surface area contributed by atoms with Gasteiger partial charge >= 0.3 is 0 Å². The van der Waals surface area contributed by atoms with Crippen LogP contribution in [0.25, 0.3) is 0 Å². The van der Waals surface area contributed by atoms with E-state index in [1.807, 2.05) is 20.9 Å². The van der Waals surface area contributed by atoms with Gasteiger partial charge in [-0.3, -0.25) is 4.68 Å². The molecule has 1 unspecified atom stereocenters. The number of benzene rings is 1. The highest BCUT2D eigenvalue weighted by Gasteiger charge is 2.18. The average molecular weight is 327 g/mol. The van der Waals surface area contributed by atoms with E-state index in [1.54, 1.807) is 16.8 Å². The molecule has 0 amide bonds. The number of aryl methyl sites for hydroxylation is 3. The molecule has 1 N–H and O–H groups in total. The van der Waals surface area contributed by atoms with E-state index in [9.17, 15) is 9.50 Å². The molecule has 0 aliphatic carbocycles. The van der Waals surface area contributed by atoms with Gasteiger partial charge in [0, 0.05) is 19.0 Å². The van der Waals surface area contributed by atoms with Crippen LogP contribution in [-0.4, -0.2) is 14.9 Å². The number of aliphatic hydroxyl groups is 1. The highest BCUT2D eigenvalue weighted by molar-refractivity contribution is 9.10. The molecule has 1 aromatic carbocycles. The zero-order valence-corrected chi connectivity index (χ0v) is 12.7. The fourth-order valence-electron chi connectivity index (χ4n) is 2.10. The van der Waals surface area contributed by atoms with Gasteiger partial charge in [-0.25, -0.2) is 4.39 Å². The summed E-state index contributed by atoms with van der Waals surface area (Å²) in [5.41, 5.74) is 2.86. The van der Waals surface area contributed by atoms with E-state index in [-0.39, 0.29) is 5.82 Å². The van der Waals surface area contributed by atoms with Gasteiger partial charge in [0.25, 0.3) is 0 Å². The van der Waals surface area contributed by atoms with Crippen LogP contribution in [0.5, 0.6) is 0 Å². The van der Waals surface area contributed by atoms with Gasteiger partial charge in [0.2, 0.25) is 0 Å². The van der Waals surface area contributed by atoms with Crippen LogP contribution >= 0.6 is 15.9 Å². The van der Waals surface area contributed by atoms with Crippen molar-refractivity contribution >= 4 is 15.9 Å². The minimum absolute atomic E-state index is 0.316. The molecule has 3 nitrogen and oxygen atoms in total. The van der Waals surface area contributed by atoms with Gasteiger partial charge in [0.15, 0.2) is 0 Å². The SMILES string of the molecule is Cc1ccc(C(O)Cc2c(Br)c(C)nn2C)c(F)c1. The van der Waals surface area contributed by atoms with Gasteiger partial charge in [-0.2, -0.15) is 5.10 Å². The molecule has 2 rings (SSSR count). The van der Waals surface area contributed by atoms with Crippen LogP contribution in [0.4, 0.5) is 4.39 Å². The number of nitrogens with zero attached hydrogens (tertiary/aromatic N) is 2. The van der Waals surface area contributed by atoms with Crippen LogP contribution in [0, 0.1) is 19.7 Å². The van der Waals surface area contributed by atoms with Crippen molar-refractivity contribution < 1.29 is 9.50 Å². The van der Waals surface area contributed by atoms with Gasteiger partial charge in [0.05, 0.1) is 22.0 Å². The van der Waals surface area contributed by atoms with E-state index in [4.69, 9.17) is 0 Å². The Bertz CT molecular complexity index is 610. The molecule has 0 radical (unpaired) electrons. The van der Waals surface area contributed by atoms with Gasteiger partial charge < -0.3 is 5.11 Å². The second-order valence-electron chi connectivity index (χ2n) is 4.71. The van der Waals surface area contributed by atoms with Crippen LogP contribution < -0.4 is 0 Å². The zero-order chi connectivity index (χ0) is 14.2. The van der Waals surface area contributed by atoms with Crippen molar-refractivity contribution in [2.45, 2.75) is 26.4 Å². The molecule has 0 bridgehead atoms. The fourth-order valence-corrected chi connectivity index (χ4v) is 2.60. The molecule has 1 heterocycles. The number of aromatic nitrogens is 2. The molecule has 1 atom stereocenters. The Balaban J connectivity index is 2.28. The van der Waals surface area contributed by atoms with Crippen molar-refractivity contribution in [2.75, 3.05) is 0 Å². The van der Waals surface area contributed by atoms with Crippen LogP contribution in [0.3, 0.4) is 0 Å². The number of aliphatic hydroxyl groups excluding tert-OH is 1. The van der Waals surface area contributed by atoms with Crippen molar-refractivity contribution in [3.8, 4) is 0 Å². The number of hydrogen-bond acceptors (Lipinski definition) is 2. The Labute approximate surface area is 120 Å². The summed E-state index contributed by atoms with van der Waals surface area (Å²) in [5.74, 6) is -0.373. The third-order valence-electron chi connectivity index (χ3n) is 3.16. The second kappa shape index (κ2) is 5.43. The Morgan fingerprint density at radius 3 is 2.63 bits per heavy atom. The molecule has 1 aromatic heterocycles. The Hall–Kier alpha value is -1.20. The summed E-state index contributed by atoms with van der Waals surface area (Å²) in [6.07, 6.45) is -0.565. The van der Waals surface area contributed by atoms with E-state index >= 15 is 0 Å². The summed E-state index contributed by atoms with van der Waals surface area (Å²) in [4.78, 5) is 0. The third-order valence-corrected chi connectivity index (χ3v) is 4.19. The first-order chi connectivity index (χ1) is 8.90. The van der Waals surface area contributed by atoms with E-state index in [0.717, 1.165) is 21.4 Å². The van der Waals surface area contributed by atoms with E-state index in [2.05, 4.69) is 21.0 Å². The molecule has 2 aromatic rings. The lowest BCUT2D eigenvalue weighted by atomic mass is 10.0. The summed E-state index contributed by atoms with van der Waals surface area (Å²) in [6, 6.07) is 4.86. The van der Waals surface area contributed by atoms with Crippen molar-refractivity contribution in [1.29, 1.82) is 0 Å². The maximum atomic E-state index is 13.8. The molecular weight excluding hydrogens is 311 g/mol.